The highest BCUT2D eigenvalue weighted by molar-refractivity contribution is 6.01. The van der Waals surface area contributed by atoms with E-state index in [2.05, 4.69) is 58.1 Å². The molecule has 1 saturated heterocycles. The quantitative estimate of drug-likeness (QED) is 0.469. The first kappa shape index (κ1) is 23.8. The fourth-order valence-electron chi connectivity index (χ4n) is 6.04. The summed E-state index contributed by atoms with van der Waals surface area (Å²) >= 11 is 0. The monoisotopic (exact) mass is 452 g/mol. The molecule has 0 unspecified atom stereocenters. The smallest absolute Gasteiger partial charge is 0.217 e. The minimum Gasteiger partial charge on any atom is -0.399 e. The van der Waals surface area contributed by atoms with Gasteiger partial charge < -0.3 is 19.6 Å². The Bertz CT molecular complexity index is 964. The number of nitrogens with one attached hydrogen (secondary N) is 1. The maximum absolute atomic E-state index is 11.7. The van der Waals surface area contributed by atoms with Gasteiger partial charge in [-0.3, -0.25) is 4.79 Å². The highest BCUT2D eigenvalue weighted by atomic mass is 16.6. The topological polar surface area (TPSA) is 58.9 Å². The molecule has 0 spiro atoms. The zero-order valence-corrected chi connectivity index (χ0v) is 20.7. The molecule has 6 heteroatoms. The van der Waals surface area contributed by atoms with E-state index >= 15 is 0 Å². The molecular formula is C27H40N4O2. The Hall–Kier alpha value is -2.34. The van der Waals surface area contributed by atoms with Gasteiger partial charge in [-0.2, -0.15) is 0 Å². The van der Waals surface area contributed by atoms with Crippen molar-refractivity contribution in [3.05, 3.63) is 35.5 Å². The average molecular weight is 453 g/mol. The number of fused-ring (bicyclic) bond motifs is 1. The zero-order chi connectivity index (χ0) is 23.4. The van der Waals surface area contributed by atoms with Crippen LogP contribution in [0.15, 0.2) is 29.4 Å². The minimum atomic E-state index is -0.0201. The van der Waals surface area contributed by atoms with Gasteiger partial charge in [0.2, 0.25) is 5.91 Å². The summed E-state index contributed by atoms with van der Waals surface area (Å²) in [5.74, 6) is 1.71. The molecule has 0 atom stereocenters. The van der Waals surface area contributed by atoms with Crippen molar-refractivity contribution in [1.82, 2.24) is 14.8 Å². The van der Waals surface area contributed by atoms with Gasteiger partial charge in [0.25, 0.3) is 0 Å². The predicted molar refractivity (Wildman–Crippen MR) is 134 cm³/mol. The van der Waals surface area contributed by atoms with E-state index in [1.54, 1.807) is 20.2 Å². The van der Waals surface area contributed by atoms with E-state index < -0.39 is 0 Å². The molecule has 0 bridgehead atoms. The van der Waals surface area contributed by atoms with Gasteiger partial charge >= 0.3 is 0 Å². The van der Waals surface area contributed by atoms with Gasteiger partial charge in [-0.15, -0.1) is 0 Å². The second-order valence-electron chi connectivity index (χ2n) is 10.2. The Balaban J connectivity index is 1.55. The summed E-state index contributed by atoms with van der Waals surface area (Å²) in [6.07, 6.45) is 9.53. The second kappa shape index (κ2) is 10.7. The van der Waals surface area contributed by atoms with Crippen LogP contribution in [-0.2, 0) is 16.2 Å². The van der Waals surface area contributed by atoms with Crippen molar-refractivity contribution in [2.45, 2.75) is 77.9 Å². The summed E-state index contributed by atoms with van der Waals surface area (Å²) in [5.41, 5.74) is 3.37. The summed E-state index contributed by atoms with van der Waals surface area (Å²) in [6, 6.07) is 9.67. The van der Waals surface area contributed by atoms with Crippen LogP contribution in [0, 0.1) is 11.8 Å². The van der Waals surface area contributed by atoms with Crippen LogP contribution in [0.4, 0.5) is 0 Å². The van der Waals surface area contributed by atoms with Crippen molar-refractivity contribution in [3.8, 4) is 0 Å². The van der Waals surface area contributed by atoms with E-state index in [0.717, 1.165) is 60.5 Å². The fraction of sp³-hybridized carbons (Fsp3) is 0.630. The van der Waals surface area contributed by atoms with Crippen LogP contribution in [0.3, 0.4) is 0 Å². The van der Waals surface area contributed by atoms with Crippen LogP contribution in [-0.4, -0.2) is 47.8 Å². The molecule has 6 nitrogen and oxygen atoms in total. The predicted octanol–water partition coefficient (Wildman–Crippen LogP) is 5.11. The number of para-hydroxylation sites is 1. The Labute approximate surface area is 198 Å². The summed E-state index contributed by atoms with van der Waals surface area (Å²) in [5, 5.41) is 8.25. The van der Waals surface area contributed by atoms with Crippen molar-refractivity contribution in [1.29, 1.82) is 0 Å². The average Bonchev–Trinajstić information content (AvgIpc) is 3.14. The molecule has 180 valence electrons. The molecule has 2 heterocycles. The van der Waals surface area contributed by atoms with Crippen LogP contribution >= 0.6 is 0 Å². The number of benzene rings is 1. The van der Waals surface area contributed by atoms with E-state index in [1.807, 2.05) is 0 Å². The molecule has 1 aromatic heterocycles. The molecule has 1 aromatic carbocycles. The third-order valence-corrected chi connectivity index (χ3v) is 7.91. The maximum atomic E-state index is 11.7. The normalized spacial score (nSPS) is 22.9. The van der Waals surface area contributed by atoms with Crippen molar-refractivity contribution >= 4 is 23.0 Å². The Kier molecular flexibility index (Phi) is 7.74. The third-order valence-electron chi connectivity index (χ3n) is 7.91. The Morgan fingerprint density at radius 2 is 1.82 bits per heavy atom. The lowest BCUT2D eigenvalue weighted by Gasteiger charge is -2.42. The van der Waals surface area contributed by atoms with E-state index in [9.17, 15) is 4.79 Å². The van der Waals surface area contributed by atoms with Crippen molar-refractivity contribution < 1.29 is 9.63 Å². The van der Waals surface area contributed by atoms with Crippen LogP contribution < -0.4 is 5.32 Å². The van der Waals surface area contributed by atoms with Crippen LogP contribution in [0.2, 0.25) is 0 Å². The number of amides is 1. The number of carbonyl (C=O) groups is 1. The molecule has 2 aromatic rings. The molecule has 1 saturated carbocycles. The van der Waals surface area contributed by atoms with E-state index in [1.165, 1.54) is 31.2 Å². The number of piperidine rings is 1. The number of aromatic nitrogens is 1. The summed E-state index contributed by atoms with van der Waals surface area (Å²) in [4.78, 5) is 19.5. The first-order chi connectivity index (χ1) is 16.0. The van der Waals surface area contributed by atoms with E-state index in [-0.39, 0.29) is 5.91 Å². The van der Waals surface area contributed by atoms with Gasteiger partial charge in [-0.05, 0) is 56.4 Å². The SMILES string of the molecule is CO/N=C\c1c(CNC(C)=O)n(C2CCN(C3CCC(C(C)C)CC3)CC2)c2ccccc12. The number of hydrogen-bond acceptors (Lipinski definition) is 4. The van der Waals surface area contributed by atoms with Gasteiger partial charge in [0.15, 0.2) is 0 Å². The lowest BCUT2D eigenvalue weighted by Crippen LogP contribution is -2.44. The zero-order valence-electron chi connectivity index (χ0n) is 20.7. The standard InChI is InChI=1S/C27H40N4O2/c1-19(2)21-9-11-22(12-10-21)30-15-13-23(14-16-30)31-26-8-6-5-7-24(26)25(17-29-33-4)27(31)18-28-20(3)32/h5-8,17,19,21-23H,9-16,18H2,1-4H3,(H,28,32)/b29-17-. The van der Waals surface area contributed by atoms with Crippen LogP contribution in [0.1, 0.15) is 76.6 Å². The summed E-state index contributed by atoms with van der Waals surface area (Å²) in [7, 11) is 1.56. The number of nitrogens with zero attached hydrogens (tertiary/aromatic N) is 3. The number of oxime groups is 1. The molecule has 4 rings (SSSR count). The third kappa shape index (κ3) is 5.26. The van der Waals surface area contributed by atoms with Gasteiger partial charge in [0.1, 0.15) is 7.11 Å². The van der Waals surface area contributed by atoms with Crippen molar-refractivity contribution in [2.24, 2.45) is 17.0 Å². The first-order valence-corrected chi connectivity index (χ1v) is 12.7. The molecule has 2 aliphatic rings. The number of rotatable bonds is 7. The number of hydrogen-bond donors (Lipinski definition) is 1. The molecule has 1 aliphatic heterocycles. The number of carbonyl (C=O) groups excluding carboxylic acids is 1. The Morgan fingerprint density at radius 1 is 1.12 bits per heavy atom. The van der Waals surface area contributed by atoms with Crippen LogP contribution in [0.5, 0.6) is 0 Å². The highest BCUT2D eigenvalue weighted by Crippen LogP contribution is 2.37. The molecule has 1 aliphatic carbocycles. The van der Waals surface area contributed by atoms with E-state index in [0.29, 0.717) is 12.6 Å². The van der Waals surface area contributed by atoms with Gasteiger partial charge in [0.05, 0.1) is 12.8 Å². The maximum Gasteiger partial charge on any atom is 0.217 e. The molecule has 0 radical (unpaired) electrons. The molecule has 1 N–H and O–H groups in total. The molecule has 1 amide bonds. The summed E-state index contributed by atoms with van der Waals surface area (Å²) in [6.45, 7) is 9.12. The largest absolute Gasteiger partial charge is 0.399 e. The molecule has 2 fully saturated rings. The Morgan fingerprint density at radius 3 is 2.45 bits per heavy atom. The first-order valence-electron chi connectivity index (χ1n) is 12.7. The van der Waals surface area contributed by atoms with Crippen molar-refractivity contribution in [3.63, 3.8) is 0 Å². The lowest BCUT2D eigenvalue weighted by atomic mass is 9.79. The van der Waals surface area contributed by atoms with Gasteiger partial charge in [-0.1, -0.05) is 37.2 Å². The van der Waals surface area contributed by atoms with Gasteiger partial charge in [0, 0.05) is 54.3 Å². The molecule has 33 heavy (non-hydrogen) atoms. The molecular weight excluding hydrogens is 412 g/mol. The fourth-order valence-corrected chi connectivity index (χ4v) is 6.04. The summed E-state index contributed by atoms with van der Waals surface area (Å²) < 4.78 is 2.47. The highest BCUT2D eigenvalue weighted by Gasteiger charge is 2.31. The lowest BCUT2D eigenvalue weighted by molar-refractivity contribution is -0.119. The van der Waals surface area contributed by atoms with Crippen molar-refractivity contribution in [2.75, 3.05) is 20.2 Å². The van der Waals surface area contributed by atoms with E-state index in [4.69, 9.17) is 4.84 Å². The van der Waals surface area contributed by atoms with Crippen LogP contribution in [0.25, 0.3) is 10.9 Å². The second-order valence-corrected chi connectivity index (χ2v) is 10.2. The minimum absolute atomic E-state index is 0.0201. The van der Waals surface area contributed by atoms with Gasteiger partial charge in [-0.25, -0.2) is 0 Å². The number of likely N-dealkylation sites (tertiary alicyclic amines) is 1.